The highest BCUT2D eigenvalue weighted by Gasteiger charge is 2.19. The highest BCUT2D eigenvalue weighted by molar-refractivity contribution is 9.10. The van der Waals surface area contributed by atoms with Crippen molar-refractivity contribution in [1.29, 1.82) is 0 Å². The van der Waals surface area contributed by atoms with E-state index in [-0.39, 0.29) is 5.56 Å². The first kappa shape index (κ1) is 14.8. The fourth-order valence-electron chi connectivity index (χ4n) is 2.47. The van der Waals surface area contributed by atoms with Crippen molar-refractivity contribution in [2.24, 2.45) is 11.8 Å². The SMILES string of the molecule is CC1CCC(COc2ccc(C(F)F)cc2Br)CC1. The van der Waals surface area contributed by atoms with Gasteiger partial charge in [-0.3, -0.25) is 0 Å². The Bertz CT molecular complexity index is 415. The third-order valence-electron chi connectivity index (χ3n) is 3.82. The van der Waals surface area contributed by atoms with E-state index in [4.69, 9.17) is 4.74 Å². The number of hydrogen-bond acceptors (Lipinski definition) is 1. The van der Waals surface area contributed by atoms with Crippen LogP contribution in [-0.2, 0) is 0 Å². The molecular weight excluding hydrogens is 314 g/mol. The standard InChI is InChI=1S/C15H19BrF2O/c1-10-2-4-11(5-3-10)9-19-14-7-6-12(15(17)18)8-13(14)16/h6-8,10-11,15H,2-5,9H2,1H3. The predicted molar refractivity (Wildman–Crippen MR) is 75.7 cm³/mol. The molecule has 1 aliphatic rings. The maximum atomic E-state index is 12.5. The first-order chi connectivity index (χ1) is 9.06. The third kappa shape index (κ3) is 4.16. The van der Waals surface area contributed by atoms with E-state index in [1.807, 2.05) is 0 Å². The van der Waals surface area contributed by atoms with E-state index in [2.05, 4.69) is 22.9 Å². The second kappa shape index (κ2) is 6.69. The molecule has 0 N–H and O–H groups in total. The molecule has 0 aromatic heterocycles. The van der Waals surface area contributed by atoms with E-state index in [9.17, 15) is 8.78 Å². The van der Waals surface area contributed by atoms with Gasteiger partial charge in [-0.05, 0) is 58.8 Å². The van der Waals surface area contributed by atoms with Gasteiger partial charge in [0.15, 0.2) is 0 Å². The second-order valence-corrected chi connectivity index (χ2v) is 6.28. The van der Waals surface area contributed by atoms with E-state index in [0.717, 1.165) is 5.92 Å². The summed E-state index contributed by atoms with van der Waals surface area (Å²) in [6.45, 7) is 2.97. The van der Waals surface area contributed by atoms with Crippen molar-refractivity contribution in [2.75, 3.05) is 6.61 Å². The summed E-state index contributed by atoms with van der Waals surface area (Å²) >= 11 is 3.29. The summed E-state index contributed by atoms with van der Waals surface area (Å²) in [7, 11) is 0. The number of halogens is 3. The minimum Gasteiger partial charge on any atom is -0.492 e. The maximum absolute atomic E-state index is 12.5. The Morgan fingerprint density at radius 1 is 1.26 bits per heavy atom. The molecule has 0 aliphatic heterocycles. The predicted octanol–water partition coefficient (Wildman–Crippen LogP) is 5.59. The molecule has 1 aromatic carbocycles. The molecule has 0 radical (unpaired) electrons. The van der Waals surface area contributed by atoms with Gasteiger partial charge in [-0.15, -0.1) is 0 Å². The zero-order chi connectivity index (χ0) is 13.8. The van der Waals surface area contributed by atoms with E-state index < -0.39 is 6.43 Å². The van der Waals surface area contributed by atoms with Gasteiger partial charge in [0.05, 0.1) is 11.1 Å². The summed E-state index contributed by atoms with van der Waals surface area (Å²) in [5.41, 5.74) is 0.0192. The van der Waals surface area contributed by atoms with E-state index in [1.165, 1.54) is 37.8 Å². The van der Waals surface area contributed by atoms with Crippen LogP contribution < -0.4 is 4.74 Å². The molecule has 1 fully saturated rings. The van der Waals surface area contributed by atoms with Crippen LogP contribution >= 0.6 is 15.9 Å². The Morgan fingerprint density at radius 2 is 1.95 bits per heavy atom. The summed E-state index contributed by atoms with van der Waals surface area (Å²) in [5, 5.41) is 0. The van der Waals surface area contributed by atoms with Gasteiger partial charge in [0.1, 0.15) is 5.75 Å². The Kier molecular flexibility index (Phi) is 5.20. The molecule has 1 nitrogen and oxygen atoms in total. The molecule has 19 heavy (non-hydrogen) atoms. The number of rotatable bonds is 4. The highest BCUT2D eigenvalue weighted by Crippen LogP contribution is 2.32. The van der Waals surface area contributed by atoms with Crippen LogP contribution in [0.3, 0.4) is 0 Å². The quantitative estimate of drug-likeness (QED) is 0.698. The fraction of sp³-hybridized carbons (Fsp3) is 0.600. The van der Waals surface area contributed by atoms with Crippen LogP contribution in [-0.4, -0.2) is 6.61 Å². The Morgan fingerprint density at radius 3 is 2.53 bits per heavy atom. The molecule has 1 aromatic rings. The molecule has 2 rings (SSSR count). The molecule has 0 saturated heterocycles. The summed E-state index contributed by atoms with van der Waals surface area (Å²) in [5.74, 6) is 2.08. The lowest BCUT2D eigenvalue weighted by Gasteiger charge is -2.26. The van der Waals surface area contributed by atoms with Crippen LogP contribution in [0.1, 0.15) is 44.6 Å². The lowest BCUT2D eigenvalue weighted by Crippen LogP contribution is -2.18. The largest absolute Gasteiger partial charge is 0.492 e. The second-order valence-electron chi connectivity index (χ2n) is 5.43. The Hall–Kier alpha value is -0.640. The lowest BCUT2D eigenvalue weighted by atomic mass is 9.83. The summed E-state index contributed by atoms with van der Waals surface area (Å²) in [6.07, 6.45) is 2.49. The van der Waals surface area contributed by atoms with Crippen LogP contribution in [0.2, 0.25) is 0 Å². The summed E-state index contributed by atoms with van der Waals surface area (Å²) in [6, 6.07) is 4.48. The number of alkyl halides is 2. The lowest BCUT2D eigenvalue weighted by molar-refractivity contribution is 0.151. The molecular formula is C15H19BrF2O. The molecule has 0 amide bonds. The number of ether oxygens (including phenoxy) is 1. The molecule has 0 heterocycles. The van der Waals surface area contributed by atoms with Gasteiger partial charge in [0.25, 0.3) is 6.43 Å². The van der Waals surface area contributed by atoms with Gasteiger partial charge < -0.3 is 4.74 Å². The van der Waals surface area contributed by atoms with Crippen LogP contribution in [0.15, 0.2) is 22.7 Å². The minimum atomic E-state index is -2.44. The first-order valence-corrected chi connectivity index (χ1v) is 7.56. The smallest absolute Gasteiger partial charge is 0.263 e. The highest BCUT2D eigenvalue weighted by atomic mass is 79.9. The van der Waals surface area contributed by atoms with Crippen molar-refractivity contribution >= 4 is 15.9 Å². The molecule has 0 unspecified atom stereocenters. The van der Waals surface area contributed by atoms with Gasteiger partial charge in [-0.2, -0.15) is 0 Å². The fourth-order valence-corrected chi connectivity index (χ4v) is 2.98. The zero-order valence-electron chi connectivity index (χ0n) is 11.0. The van der Waals surface area contributed by atoms with E-state index >= 15 is 0 Å². The van der Waals surface area contributed by atoms with Crippen LogP contribution in [0.5, 0.6) is 5.75 Å². The van der Waals surface area contributed by atoms with E-state index in [0.29, 0.717) is 22.7 Å². The molecule has 4 heteroatoms. The van der Waals surface area contributed by atoms with Gasteiger partial charge >= 0.3 is 0 Å². The van der Waals surface area contributed by atoms with Crippen molar-refractivity contribution < 1.29 is 13.5 Å². The molecule has 0 atom stereocenters. The normalized spacial score (nSPS) is 23.6. The molecule has 106 valence electrons. The van der Waals surface area contributed by atoms with Gasteiger partial charge in [-0.25, -0.2) is 8.78 Å². The maximum Gasteiger partial charge on any atom is 0.263 e. The minimum absolute atomic E-state index is 0.0192. The van der Waals surface area contributed by atoms with Gasteiger partial charge in [0, 0.05) is 5.56 Å². The molecule has 1 aliphatic carbocycles. The third-order valence-corrected chi connectivity index (χ3v) is 4.44. The van der Waals surface area contributed by atoms with Crippen molar-refractivity contribution in [2.45, 2.75) is 39.0 Å². The van der Waals surface area contributed by atoms with Crippen molar-refractivity contribution in [3.63, 3.8) is 0 Å². The topological polar surface area (TPSA) is 9.23 Å². The van der Waals surface area contributed by atoms with E-state index in [1.54, 1.807) is 6.07 Å². The molecule has 0 spiro atoms. The van der Waals surface area contributed by atoms with Crippen molar-refractivity contribution in [1.82, 2.24) is 0 Å². The average molecular weight is 333 g/mol. The molecule has 1 saturated carbocycles. The number of benzene rings is 1. The van der Waals surface area contributed by atoms with Gasteiger partial charge in [0.2, 0.25) is 0 Å². The molecule has 0 bridgehead atoms. The van der Waals surface area contributed by atoms with Crippen molar-refractivity contribution in [3.05, 3.63) is 28.2 Å². The van der Waals surface area contributed by atoms with Crippen LogP contribution in [0.4, 0.5) is 8.78 Å². The monoisotopic (exact) mass is 332 g/mol. The van der Waals surface area contributed by atoms with Crippen molar-refractivity contribution in [3.8, 4) is 5.75 Å². The van der Waals surface area contributed by atoms with Crippen LogP contribution in [0, 0.1) is 11.8 Å². The van der Waals surface area contributed by atoms with Gasteiger partial charge in [-0.1, -0.05) is 19.8 Å². The summed E-state index contributed by atoms with van der Waals surface area (Å²) in [4.78, 5) is 0. The zero-order valence-corrected chi connectivity index (χ0v) is 12.6. The van der Waals surface area contributed by atoms with Crippen LogP contribution in [0.25, 0.3) is 0 Å². The Balaban J connectivity index is 1.89. The Labute approximate surface area is 121 Å². The number of hydrogen-bond donors (Lipinski definition) is 0. The first-order valence-electron chi connectivity index (χ1n) is 6.76. The summed E-state index contributed by atoms with van der Waals surface area (Å²) < 4.78 is 31.4. The average Bonchev–Trinajstić information content (AvgIpc) is 2.39.